The Labute approximate surface area is 112 Å². The zero-order valence-corrected chi connectivity index (χ0v) is 11.1. The summed E-state index contributed by atoms with van der Waals surface area (Å²) < 4.78 is 81.2. The van der Waals surface area contributed by atoms with E-state index in [0.717, 1.165) is 0 Å². The highest BCUT2D eigenvalue weighted by atomic mass is 19.4. The Morgan fingerprint density at radius 2 is 1.25 bits per heavy atom. The minimum absolute atomic E-state index is 0.108. The van der Waals surface area contributed by atoms with Crippen LogP contribution in [0, 0.1) is 5.92 Å². The molecule has 0 aliphatic carbocycles. The third kappa shape index (κ3) is 3.88. The van der Waals surface area contributed by atoms with Gasteiger partial charge in [0, 0.05) is 7.11 Å². The van der Waals surface area contributed by atoms with Crippen molar-refractivity contribution in [2.24, 2.45) is 5.92 Å². The summed E-state index contributed by atoms with van der Waals surface area (Å²) in [6.07, 6.45) is -10.5. The molecule has 0 aliphatic rings. The van der Waals surface area contributed by atoms with Crippen LogP contribution in [0.1, 0.15) is 36.6 Å². The van der Waals surface area contributed by atoms with Crippen LogP contribution in [0.25, 0.3) is 0 Å². The lowest BCUT2D eigenvalue weighted by molar-refractivity contribution is -0.143. The van der Waals surface area contributed by atoms with Gasteiger partial charge in [-0.15, -0.1) is 0 Å². The van der Waals surface area contributed by atoms with E-state index in [4.69, 9.17) is 4.74 Å². The standard InChI is InChI=1S/C13H14F6O/c1-7(2)11(20-3)8-4-9(12(14,15)16)6-10(5-8)13(17,18)19/h4-7,11H,1-3H3. The summed E-state index contributed by atoms with van der Waals surface area (Å²) in [7, 11) is 1.25. The molecule has 0 aromatic heterocycles. The van der Waals surface area contributed by atoms with Crippen LogP contribution in [0.3, 0.4) is 0 Å². The van der Waals surface area contributed by atoms with Gasteiger partial charge in [-0.25, -0.2) is 0 Å². The van der Waals surface area contributed by atoms with Gasteiger partial charge in [0.2, 0.25) is 0 Å². The molecule has 1 rings (SSSR count). The Bertz CT molecular complexity index is 429. The molecule has 0 fully saturated rings. The van der Waals surface area contributed by atoms with Gasteiger partial charge in [0.1, 0.15) is 0 Å². The molecule has 0 bridgehead atoms. The fourth-order valence-electron chi connectivity index (χ4n) is 1.94. The van der Waals surface area contributed by atoms with E-state index in [1.54, 1.807) is 13.8 Å². The summed E-state index contributed by atoms with van der Waals surface area (Å²) in [5.74, 6) is -0.260. The molecule has 1 atom stereocenters. The average molecular weight is 300 g/mol. The second kappa shape index (κ2) is 5.63. The van der Waals surface area contributed by atoms with Crippen LogP contribution in [0.2, 0.25) is 0 Å². The van der Waals surface area contributed by atoms with Gasteiger partial charge in [-0.1, -0.05) is 13.8 Å². The lowest BCUT2D eigenvalue weighted by Crippen LogP contribution is -2.15. The highest BCUT2D eigenvalue weighted by Crippen LogP contribution is 2.38. The van der Waals surface area contributed by atoms with E-state index < -0.39 is 29.6 Å². The highest BCUT2D eigenvalue weighted by Gasteiger charge is 2.37. The van der Waals surface area contributed by atoms with Gasteiger partial charge < -0.3 is 4.74 Å². The number of rotatable bonds is 3. The monoisotopic (exact) mass is 300 g/mol. The van der Waals surface area contributed by atoms with E-state index in [0.29, 0.717) is 12.1 Å². The molecular weight excluding hydrogens is 286 g/mol. The molecule has 0 radical (unpaired) electrons. The van der Waals surface area contributed by atoms with Gasteiger partial charge in [-0.3, -0.25) is 0 Å². The van der Waals surface area contributed by atoms with Gasteiger partial charge in [-0.05, 0) is 29.7 Å². The zero-order chi connectivity index (χ0) is 15.7. The molecule has 0 heterocycles. The number of hydrogen-bond acceptors (Lipinski definition) is 1. The molecule has 0 saturated heterocycles. The summed E-state index contributed by atoms with van der Waals surface area (Å²) in [5, 5.41) is 0. The van der Waals surface area contributed by atoms with Gasteiger partial charge >= 0.3 is 12.4 Å². The molecule has 1 unspecified atom stereocenters. The fraction of sp³-hybridized carbons (Fsp3) is 0.538. The first-order valence-corrected chi connectivity index (χ1v) is 5.79. The van der Waals surface area contributed by atoms with Crippen LogP contribution in [-0.2, 0) is 17.1 Å². The molecule has 0 amide bonds. The van der Waals surface area contributed by atoms with E-state index in [9.17, 15) is 26.3 Å². The van der Waals surface area contributed by atoms with Crippen molar-refractivity contribution in [1.82, 2.24) is 0 Å². The average Bonchev–Trinajstić information content (AvgIpc) is 2.26. The minimum Gasteiger partial charge on any atom is -0.376 e. The fourth-order valence-corrected chi connectivity index (χ4v) is 1.94. The number of ether oxygens (including phenoxy) is 1. The van der Waals surface area contributed by atoms with E-state index in [2.05, 4.69) is 0 Å². The maximum absolute atomic E-state index is 12.7. The molecule has 0 spiro atoms. The van der Waals surface area contributed by atoms with E-state index >= 15 is 0 Å². The number of methoxy groups -OCH3 is 1. The summed E-state index contributed by atoms with van der Waals surface area (Å²) in [4.78, 5) is 0. The number of halogens is 6. The van der Waals surface area contributed by atoms with E-state index in [-0.39, 0.29) is 17.5 Å². The topological polar surface area (TPSA) is 9.23 Å². The van der Waals surface area contributed by atoms with Gasteiger partial charge in [0.05, 0.1) is 17.2 Å². The first-order valence-electron chi connectivity index (χ1n) is 5.79. The molecule has 1 aromatic carbocycles. The Morgan fingerprint density at radius 1 is 0.850 bits per heavy atom. The lowest BCUT2D eigenvalue weighted by atomic mass is 9.95. The first-order chi connectivity index (χ1) is 8.96. The maximum Gasteiger partial charge on any atom is 0.416 e. The lowest BCUT2D eigenvalue weighted by Gasteiger charge is -2.22. The zero-order valence-electron chi connectivity index (χ0n) is 11.1. The summed E-state index contributed by atoms with van der Waals surface area (Å²) in [6.45, 7) is 3.31. The molecule has 0 N–H and O–H groups in total. The molecule has 0 saturated carbocycles. The van der Waals surface area contributed by atoms with Crippen molar-refractivity contribution in [2.75, 3.05) is 7.11 Å². The summed E-state index contributed by atoms with van der Waals surface area (Å²) >= 11 is 0. The SMILES string of the molecule is COC(c1cc(C(F)(F)F)cc(C(F)(F)F)c1)C(C)C. The Morgan fingerprint density at radius 3 is 1.50 bits per heavy atom. The largest absolute Gasteiger partial charge is 0.416 e. The van der Waals surface area contributed by atoms with Crippen LogP contribution in [0.5, 0.6) is 0 Å². The van der Waals surface area contributed by atoms with Crippen molar-refractivity contribution < 1.29 is 31.1 Å². The predicted octanol–water partition coefficient (Wildman–Crippen LogP) is 5.07. The second-order valence-corrected chi connectivity index (χ2v) is 4.74. The van der Waals surface area contributed by atoms with Crippen molar-refractivity contribution in [2.45, 2.75) is 32.3 Å². The Kier molecular flexibility index (Phi) is 4.74. The number of hydrogen-bond donors (Lipinski definition) is 0. The number of benzene rings is 1. The second-order valence-electron chi connectivity index (χ2n) is 4.74. The van der Waals surface area contributed by atoms with Crippen molar-refractivity contribution in [1.29, 1.82) is 0 Å². The van der Waals surface area contributed by atoms with Gasteiger partial charge in [-0.2, -0.15) is 26.3 Å². The predicted molar refractivity (Wildman–Crippen MR) is 61.0 cm³/mol. The first kappa shape index (κ1) is 16.8. The molecule has 0 aliphatic heterocycles. The maximum atomic E-state index is 12.7. The van der Waals surface area contributed by atoms with Crippen molar-refractivity contribution in [3.8, 4) is 0 Å². The molecule has 1 nitrogen and oxygen atoms in total. The van der Waals surface area contributed by atoms with Crippen LogP contribution >= 0.6 is 0 Å². The quantitative estimate of drug-likeness (QED) is 0.708. The van der Waals surface area contributed by atoms with E-state index in [1.807, 2.05) is 0 Å². The van der Waals surface area contributed by atoms with Crippen molar-refractivity contribution >= 4 is 0 Å². The van der Waals surface area contributed by atoms with Crippen LogP contribution < -0.4 is 0 Å². The smallest absolute Gasteiger partial charge is 0.376 e. The molecule has 114 valence electrons. The van der Waals surface area contributed by atoms with E-state index in [1.165, 1.54) is 7.11 Å². The van der Waals surface area contributed by atoms with Crippen molar-refractivity contribution in [3.05, 3.63) is 34.9 Å². The van der Waals surface area contributed by atoms with Crippen LogP contribution in [-0.4, -0.2) is 7.11 Å². The molecular formula is C13H14F6O. The highest BCUT2D eigenvalue weighted by molar-refractivity contribution is 5.35. The third-order valence-electron chi connectivity index (χ3n) is 2.80. The summed E-state index contributed by atoms with van der Waals surface area (Å²) in [6, 6.07) is 1.50. The Balaban J connectivity index is 3.45. The molecule has 1 aromatic rings. The minimum atomic E-state index is -4.84. The summed E-state index contributed by atoms with van der Waals surface area (Å²) in [5.41, 5.74) is -2.79. The van der Waals surface area contributed by atoms with Gasteiger partial charge in [0.15, 0.2) is 0 Å². The van der Waals surface area contributed by atoms with Gasteiger partial charge in [0.25, 0.3) is 0 Å². The number of alkyl halides is 6. The molecule has 7 heteroatoms. The third-order valence-corrected chi connectivity index (χ3v) is 2.80. The van der Waals surface area contributed by atoms with Crippen molar-refractivity contribution in [3.63, 3.8) is 0 Å². The Hall–Kier alpha value is -1.24. The van der Waals surface area contributed by atoms with Crippen LogP contribution in [0.15, 0.2) is 18.2 Å². The normalized spacial score (nSPS) is 14.7. The molecule has 20 heavy (non-hydrogen) atoms. The van der Waals surface area contributed by atoms with Crippen LogP contribution in [0.4, 0.5) is 26.3 Å².